The zero-order valence-electron chi connectivity index (χ0n) is 11.1. The largest absolute Gasteiger partial charge is 0.331 e. The monoisotopic (exact) mass is 246 g/mol. The molecule has 1 fully saturated rings. The summed E-state index contributed by atoms with van der Waals surface area (Å²) < 4.78 is 0. The zero-order chi connectivity index (χ0) is 12.8. The standard InChI is InChI=1S/C15H22N2O/c1-13(14-9-5-4-6-10-14)16-15(18)17-11-7-2-3-8-12-17/h4-6,9-10,13H,2-3,7-8,11-12H2,1H3,(H,16,18). The smallest absolute Gasteiger partial charge is 0.317 e. The number of likely N-dealkylation sites (tertiary alicyclic amines) is 1. The van der Waals surface area contributed by atoms with E-state index in [1.54, 1.807) is 0 Å². The van der Waals surface area contributed by atoms with E-state index in [2.05, 4.69) is 5.32 Å². The van der Waals surface area contributed by atoms with Gasteiger partial charge >= 0.3 is 6.03 Å². The number of urea groups is 1. The van der Waals surface area contributed by atoms with Crippen LogP contribution in [0.15, 0.2) is 30.3 Å². The summed E-state index contributed by atoms with van der Waals surface area (Å²) in [5, 5.41) is 3.08. The molecule has 0 spiro atoms. The van der Waals surface area contributed by atoms with Crippen LogP contribution in [0.2, 0.25) is 0 Å². The topological polar surface area (TPSA) is 32.3 Å². The Balaban J connectivity index is 1.90. The number of nitrogens with zero attached hydrogens (tertiary/aromatic N) is 1. The van der Waals surface area contributed by atoms with Crippen LogP contribution < -0.4 is 5.32 Å². The fraction of sp³-hybridized carbons (Fsp3) is 0.533. The molecule has 2 amide bonds. The normalized spacial score (nSPS) is 17.9. The lowest BCUT2D eigenvalue weighted by Crippen LogP contribution is -2.41. The Kier molecular flexibility index (Phi) is 4.62. The Bertz CT molecular complexity index is 369. The van der Waals surface area contributed by atoms with Gasteiger partial charge in [0, 0.05) is 13.1 Å². The molecule has 3 heteroatoms. The molecule has 0 saturated carbocycles. The summed E-state index contributed by atoms with van der Waals surface area (Å²) in [4.78, 5) is 14.1. The van der Waals surface area contributed by atoms with Gasteiger partial charge in [0.05, 0.1) is 6.04 Å². The fourth-order valence-corrected chi connectivity index (χ4v) is 2.38. The Morgan fingerprint density at radius 1 is 1.11 bits per heavy atom. The summed E-state index contributed by atoms with van der Waals surface area (Å²) in [5.74, 6) is 0. The molecule has 98 valence electrons. The molecule has 0 radical (unpaired) electrons. The van der Waals surface area contributed by atoms with E-state index in [1.165, 1.54) is 12.8 Å². The SMILES string of the molecule is CC(NC(=O)N1CCCCCC1)c1ccccc1. The van der Waals surface area contributed by atoms with E-state index in [0.29, 0.717) is 0 Å². The van der Waals surface area contributed by atoms with Gasteiger partial charge in [-0.25, -0.2) is 4.79 Å². The van der Waals surface area contributed by atoms with Gasteiger partial charge in [0.25, 0.3) is 0 Å². The van der Waals surface area contributed by atoms with Gasteiger partial charge in [-0.2, -0.15) is 0 Å². The molecule has 1 unspecified atom stereocenters. The van der Waals surface area contributed by atoms with Crippen LogP contribution in [0, 0.1) is 0 Å². The van der Waals surface area contributed by atoms with Crippen molar-refractivity contribution in [1.82, 2.24) is 10.2 Å². The molecule has 1 aromatic carbocycles. The summed E-state index contributed by atoms with van der Waals surface area (Å²) in [6.45, 7) is 3.83. The minimum absolute atomic E-state index is 0.0713. The van der Waals surface area contributed by atoms with Gasteiger partial charge in [0.1, 0.15) is 0 Å². The predicted octanol–water partition coefficient (Wildman–Crippen LogP) is 3.33. The highest BCUT2D eigenvalue weighted by atomic mass is 16.2. The number of hydrogen-bond donors (Lipinski definition) is 1. The van der Waals surface area contributed by atoms with Crippen LogP contribution in [-0.4, -0.2) is 24.0 Å². The van der Waals surface area contributed by atoms with Crippen molar-refractivity contribution in [3.05, 3.63) is 35.9 Å². The van der Waals surface area contributed by atoms with Crippen LogP contribution in [0.5, 0.6) is 0 Å². The molecular weight excluding hydrogens is 224 g/mol. The first-order valence-electron chi connectivity index (χ1n) is 6.88. The summed E-state index contributed by atoms with van der Waals surface area (Å²) in [6, 6.07) is 10.2. The molecule has 18 heavy (non-hydrogen) atoms. The predicted molar refractivity (Wildman–Crippen MR) is 73.4 cm³/mol. The van der Waals surface area contributed by atoms with E-state index in [1.807, 2.05) is 42.2 Å². The molecule has 1 N–H and O–H groups in total. The van der Waals surface area contributed by atoms with Crippen molar-refractivity contribution in [2.75, 3.05) is 13.1 Å². The summed E-state index contributed by atoms with van der Waals surface area (Å²) in [6.07, 6.45) is 4.76. The first kappa shape index (κ1) is 12.9. The van der Waals surface area contributed by atoms with E-state index < -0.39 is 0 Å². The van der Waals surface area contributed by atoms with E-state index >= 15 is 0 Å². The molecule has 1 aliphatic rings. The summed E-state index contributed by atoms with van der Waals surface area (Å²) in [7, 11) is 0. The van der Waals surface area contributed by atoms with Gasteiger partial charge in [-0.15, -0.1) is 0 Å². The van der Waals surface area contributed by atoms with Crippen LogP contribution in [0.4, 0.5) is 4.79 Å². The molecule has 1 atom stereocenters. The number of benzene rings is 1. The van der Waals surface area contributed by atoms with Gasteiger partial charge < -0.3 is 10.2 Å². The summed E-state index contributed by atoms with van der Waals surface area (Å²) >= 11 is 0. The molecule has 0 aliphatic carbocycles. The third-order valence-corrected chi connectivity index (χ3v) is 3.53. The highest BCUT2D eigenvalue weighted by molar-refractivity contribution is 5.74. The highest BCUT2D eigenvalue weighted by Crippen LogP contribution is 2.14. The van der Waals surface area contributed by atoms with Crippen LogP contribution in [-0.2, 0) is 0 Å². The minimum Gasteiger partial charge on any atom is -0.331 e. The van der Waals surface area contributed by atoms with Crippen LogP contribution >= 0.6 is 0 Å². The van der Waals surface area contributed by atoms with Gasteiger partial charge in [-0.3, -0.25) is 0 Å². The molecule has 1 saturated heterocycles. The molecule has 1 aromatic rings. The first-order valence-corrected chi connectivity index (χ1v) is 6.88. The minimum atomic E-state index is 0.0713. The lowest BCUT2D eigenvalue weighted by Gasteiger charge is -2.23. The van der Waals surface area contributed by atoms with Crippen LogP contribution in [0.1, 0.15) is 44.2 Å². The Hall–Kier alpha value is -1.51. The lowest BCUT2D eigenvalue weighted by atomic mass is 10.1. The maximum absolute atomic E-state index is 12.1. The number of amides is 2. The number of rotatable bonds is 2. The maximum Gasteiger partial charge on any atom is 0.317 e. The molecular formula is C15H22N2O. The van der Waals surface area contributed by atoms with Crippen LogP contribution in [0.25, 0.3) is 0 Å². The molecule has 1 aliphatic heterocycles. The Morgan fingerprint density at radius 2 is 1.72 bits per heavy atom. The van der Waals surface area contributed by atoms with Gasteiger partial charge in [0.2, 0.25) is 0 Å². The van der Waals surface area contributed by atoms with Crippen molar-refractivity contribution in [2.45, 2.75) is 38.6 Å². The fourth-order valence-electron chi connectivity index (χ4n) is 2.38. The van der Waals surface area contributed by atoms with Crippen molar-refractivity contribution < 1.29 is 4.79 Å². The highest BCUT2D eigenvalue weighted by Gasteiger charge is 2.17. The average Bonchev–Trinajstić information content (AvgIpc) is 2.68. The zero-order valence-corrected chi connectivity index (χ0v) is 11.1. The second kappa shape index (κ2) is 6.43. The van der Waals surface area contributed by atoms with E-state index in [-0.39, 0.29) is 12.1 Å². The van der Waals surface area contributed by atoms with Crippen molar-refractivity contribution in [1.29, 1.82) is 0 Å². The van der Waals surface area contributed by atoms with Crippen molar-refractivity contribution in [3.8, 4) is 0 Å². The molecule has 0 bridgehead atoms. The quantitative estimate of drug-likeness (QED) is 0.853. The lowest BCUT2D eigenvalue weighted by molar-refractivity contribution is 0.196. The summed E-state index contributed by atoms with van der Waals surface area (Å²) in [5.41, 5.74) is 1.15. The number of hydrogen-bond acceptors (Lipinski definition) is 1. The maximum atomic E-state index is 12.1. The van der Waals surface area contributed by atoms with Crippen LogP contribution in [0.3, 0.4) is 0 Å². The van der Waals surface area contributed by atoms with Gasteiger partial charge in [-0.1, -0.05) is 43.2 Å². The van der Waals surface area contributed by atoms with Crippen molar-refractivity contribution in [3.63, 3.8) is 0 Å². The molecule has 0 aromatic heterocycles. The van der Waals surface area contributed by atoms with Crippen molar-refractivity contribution in [2.24, 2.45) is 0 Å². The third kappa shape index (κ3) is 3.49. The second-order valence-electron chi connectivity index (χ2n) is 4.98. The second-order valence-corrected chi connectivity index (χ2v) is 4.98. The number of nitrogens with one attached hydrogen (secondary N) is 1. The molecule has 1 heterocycles. The first-order chi connectivity index (χ1) is 8.77. The van der Waals surface area contributed by atoms with Crippen molar-refractivity contribution >= 4 is 6.03 Å². The third-order valence-electron chi connectivity index (χ3n) is 3.53. The van der Waals surface area contributed by atoms with E-state index in [4.69, 9.17) is 0 Å². The number of carbonyl (C=O) groups excluding carboxylic acids is 1. The van der Waals surface area contributed by atoms with Gasteiger partial charge in [-0.05, 0) is 25.3 Å². The Morgan fingerprint density at radius 3 is 2.33 bits per heavy atom. The average molecular weight is 246 g/mol. The molecule has 3 nitrogen and oxygen atoms in total. The van der Waals surface area contributed by atoms with E-state index in [0.717, 1.165) is 31.5 Å². The van der Waals surface area contributed by atoms with Gasteiger partial charge in [0.15, 0.2) is 0 Å². The Labute approximate surface area is 109 Å². The number of carbonyl (C=O) groups is 1. The van der Waals surface area contributed by atoms with E-state index in [9.17, 15) is 4.79 Å². The molecule has 2 rings (SSSR count).